The lowest BCUT2D eigenvalue weighted by Crippen LogP contribution is -2.43. The Balaban J connectivity index is 1.85. The van der Waals surface area contributed by atoms with E-state index in [4.69, 9.17) is 0 Å². The van der Waals surface area contributed by atoms with Crippen molar-refractivity contribution in [2.75, 3.05) is 31.6 Å². The minimum absolute atomic E-state index is 0.00411. The van der Waals surface area contributed by atoms with Crippen molar-refractivity contribution in [2.45, 2.75) is 25.8 Å². The Bertz CT molecular complexity index is 486. The number of likely N-dealkylation sites (N-methyl/N-ethyl adjacent to an activating group) is 2. The number of nitrogens with zero attached hydrogens (tertiary/aromatic N) is 2. The molecule has 2 rings (SSSR count). The zero-order valence-electron chi connectivity index (χ0n) is 12.7. The van der Waals surface area contributed by atoms with Gasteiger partial charge < -0.3 is 10.2 Å². The third-order valence-corrected chi connectivity index (χ3v) is 3.45. The van der Waals surface area contributed by atoms with E-state index >= 15 is 0 Å². The molecule has 1 aliphatic rings. The molecule has 114 valence electrons. The van der Waals surface area contributed by atoms with Crippen molar-refractivity contribution in [3.63, 3.8) is 0 Å². The maximum Gasteiger partial charge on any atom is 0.241 e. The van der Waals surface area contributed by atoms with E-state index in [9.17, 15) is 9.59 Å². The topological polar surface area (TPSA) is 52.7 Å². The predicted molar refractivity (Wildman–Crippen MR) is 83.1 cm³/mol. The SMILES string of the molecule is CCN(C(=O)CN(C)CC(=O)NC1CC1)c1ccccc1. The first-order chi connectivity index (χ1) is 10.1. The molecule has 5 nitrogen and oxygen atoms in total. The van der Waals surface area contributed by atoms with Gasteiger partial charge in [0.15, 0.2) is 0 Å². The summed E-state index contributed by atoms with van der Waals surface area (Å²) >= 11 is 0. The summed E-state index contributed by atoms with van der Waals surface area (Å²) in [6.45, 7) is 3.06. The Hall–Kier alpha value is -1.88. The summed E-state index contributed by atoms with van der Waals surface area (Å²) in [7, 11) is 1.79. The van der Waals surface area contributed by atoms with Gasteiger partial charge in [0.05, 0.1) is 13.1 Å². The minimum atomic E-state index is -0.00411. The highest BCUT2D eigenvalue weighted by Gasteiger charge is 2.24. The molecule has 0 heterocycles. The van der Waals surface area contributed by atoms with E-state index in [0.29, 0.717) is 12.6 Å². The molecular formula is C16H23N3O2. The van der Waals surface area contributed by atoms with Crippen molar-refractivity contribution in [1.82, 2.24) is 10.2 Å². The van der Waals surface area contributed by atoms with Gasteiger partial charge >= 0.3 is 0 Å². The Morgan fingerprint density at radius 2 is 1.86 bits per heavy atom. The summed E-state index contributed by atoms with van der Waals surface area (Å²) < 4.78 is 0. The van der Waals surface area contributed by atoms with Gasteiger partial charge in [0.25, 0.3) is 0 Å². The second-order valence-electron chi connectivity index (χ2n) is 5.49. The van der Waals surface area contributed by atoms with Crippen LogP contribution in [0.25, 0.3) is 0 Å². The zero-order valence-corrected chi connectivity index (χ0v) is 12.7. The second-order valence-corrected chi connectivity index (χ2v) is 5.49. The lowest BCUT2D eigenvalue weighted by atomic mass is 10.3. The van der Waals surface area contributed by atoms with Crippen molar-refractivity contribution in [1.29, 1.82) is 0 Å². The predicted octanol–water partition coefficient (Wildman–Crippen LogP) is 1.25. The minimum Gasteiger partial charge on any atom is -0.352 e. The summed E-state index contributed by atoms with van der Waals surface area (Å²) in [5, 5.41) is 2.93. The maximum atomic E-state index is 12.4. The van der Waals surface area contributed by atoms with Gasteiger partial charge in [0.2, 0.25) is 11.8 Å². The molecular weight excluding hydrogens is 266 g/mol. The van der Waals surface area contributed by atoms with Gasteiger partial charge in [-0.3, -0.25) is 14.5 Å². The molecule has 0 saturated heterocycles. The van der Waals surface area contributed by atoms with E-state index < -0.39 is 0 Å². The van der Waals surface area contributed by atoms with Crippen molar-refractivity contribution in [3.05, 3.63) is 30.3 Å². The molecule has 21 heavy (non-hydrogen) atoms. The van der Waals surface area contributed by atoms with Crippen LogP contribution in [0.3, 0.4) is 0 Å². The van der Waals surface area contributed by atoms with Crippen LogP contribution in [0.15, 0.2) is 30.3 Å². The van der Waals surface area contributed by atoms with Crippen LogP contribution < -0.4 is 10.2 Å². The molecule has 1 aliphatic carbocycles. The van der Waals surface area contributed by atoms with Gasteiger partial charge in [-0.15, -0.1) is 0 Å². The monoisotopic (exact) mass is 289 g/mol. The fraction of sp³-hybridized carbons (Fsp3) is 0.500. The van der Waals surface area contributed by atoms with Gasteiger partial charge in [-0.2, -0.15) is 0 Å². The second kappa shape index (κ2) is 7.22. The lowest BCUT2D eigenvalue weighted by molar-refractivity contribution is -0.123. The third-order valence-electron chi connectivity index (χ3n) is 3.45. The first-order valence-electron chi connectivity index (χ1n) is 7.43. The summed E-state index contributed by atoms with van der Waals surface area (Å²) in [6, 6.07) is 9.95. The van der Waals surface area contributed by atoms with Crippen LogP contribution >= 0.6 is 0 Å². The van der Waals surface area contributed by atoms with Crippen molar-refractivity contribution in [2.24, 2.45) is 0 Å². The fourth-order valence-electron chi connectivity index (χ4n) is 2.23. The summed E-state index contributed by atoms with van der Waals surface area (Å²) in [4.78, 5) is 27.6. The van der Waals surface area contributed by atoms with E-state index in [2.05, 4.69) is 5.32 Å². The maximum absolute atomic E-state index is 12.4. The summed E-state index contributed by atoms with van der Waals surface area (Å²) in [5.74, 6) is 0.000909. The van der Waals surface area contributed by atoms with E-state index in [-0.39, 0.29) is 24.9 Å². The highest BCUT2D eigenvalue weighted by atomic mass is 16.2. The molecule has 0 unspecified atom stereocenters. The molecule has 5 heteroatoms. The highest BCUT2D eigenvalue weighted by molar-refractivity contribution is 5.95. The largest absolute Gasteiger partial charge is 0.352 e. The molecule has 1 N–H and O–H groups in total. The van der Waals surface area contributed by atoms with Gasteiger partial charge in [-0.25, -0.2) is 0 Å². The molecule has 1 saturated carbocycles. The number of amides is 2. The Morgan fingerprint density at radius 1 is 1.19 bits per heavy atom. The van der Waals surface area contributed by atoms with Crippen molar-refractivity contribution in [3.8, 4) is 0 Å². The number of carbonyl (C=O) groups excluding carboxylic acids is 2. The number of anilines is 1. The molecule has 0 spiro atoms. The molecule has 0 bridgehead atoms. The fourth-order valence-corrected chi connectivity index (χ4v) is 2.23. The Labute approximate surface area is 125 Å². The smallest absolute Gasteiger partial charge is 0.241 e. The Kier molecular flexibility index (Phi) is 5.33. The van der Waals surface area contributed by atoms with Gasteiger partial charge in [-0.1, -0.05) is 18.2 Å². The van der Waals surface area contributed by atoms with E-state index in [1.54, 1.807) is 16.8 Å². The van der Waals surface area contributed by atoms with Crippen molar-refractivity contribution < 1.29 is 9.59 Å². The van der Waals surface area contributed by atoms with Gasteiger partial charge in [-0.05, 0) is 38.9 Å². The standard InChI is InChI=1S/C16H23N3O2/c1-3-19(14-7-5-4-6-8-14)16(21)12-18(2)11-15(20)17-13-9-10-13/h4-8,13H,3,9-12H2,1-2H3,(H,17,20). The number of hydrogen-bond donors (Lipinski definition) is 1. The van der Waals surface area contributed by atoms with Crippen LogP contribution in [0.4, 0.5) is 5.69 Å². The molecule has 0 aliphatic heterocycles. The summed E-state index contributed by atoms with van der Waals surface area (Å²) in [6.07, 6.45) is 2.15. The Morgan fingerprint density at radius 3 is 2.43 bits per heavy atom. The third kappa shape index (κ3) is 4.86. The molecule has 1 aromatic rings. The first kappa shape index (κ1) is 15.5. The normalized spacial score (nSPS) is 14.0. The molecule has 0 aromatic heterocycles. The number of carbonyl (C=O) groups is 2. The molecule has 1 aromatic carbocycles. The van der Waals surface area contributed by atoms with E-state index in [1.807, 2.05) is 37.3 Å². The molecule has 1 fully saturated rings. The average molecular weight is 289 g/mol. The van der Waals surface area contributed by atoms with Crippen molar-refractivity contribution >= 4 is 17.5 Å². The highest BCUT2D eigenvalue weighted by Crippen LogP contribution is 2.18. The quantitative estimate of drug-likeness (QED) is 0.822. The van der Waals surface area contributed by atoms with Crippen LogP contribution in [0.2, 0.25) is 0 Å². The van der Waals surface area contributed by atoms with Crippen LogP contribution in [0, 0.1) is 0 Å². The molecule has 0 radical (unpaired) electrons. The molecule has 2 amide bonds. The number of nitrogens with one attached hydrogen (secondary N) is 1. The van der Waals surface area contributed by atoms with Gasteiger partial charge in [0.1, 0.15) is 0 Å². The van der Waals surface area contributed by atoms with E-state index in [1.165, 1.54) is 0 Å². The molecule has 0 atom stereocenters. The first-order valence-corrected chi connectivity index (χ1v) is 7.43. The van der Waals surface area contributed by atoms with E-state index in [0.717, 1.165) is 18.5 Å². The van der Waals surface area contributed by atoms with Crippen LogP contribution in [-0.2, 0) is 9.59 Å². The number of para-hydroxylation sites is 1. The van der Waals surface area contributed by atoms with Crippen LogP contribution in [0.1, 0.15) is 19.8 Å². The van der Waals surface area contributed by atoms with Crippen LogP contribution in [0.5, 0.6) is 0 Å². The lowest BCUT2D eigenvalue weighted by Gasteiger charge is -2.24. The number of benzene rings is 1. The average Bonchev–Trinajstić information content (AvgIpc) is 3.24. The summed E-state index contributed by atoms with van der Waals surface area (Å²) in [5.41, 5.74) is 0.890. The number of hydrogen-bond acceptors (Lipinski definition) is 3. The van der Waals surface area contributed by atoms with Crippen LogP contribution in [-0.4, -0.2) is 49.4 Å². The number of rotatable bonds is 7. The van der Waals surface area contributed by atoms with Gasteiger partial charge in [0, 0.05) is 18.3 Å². The zero-order chi connectivity index (χ0) is 15.2.